The molecule has 20 heavy (non-hydrogen) atoms. The largest absolute Gasteiger partial charge is 0.481 e. The number of piperidine rings is 1. The van der Waals surface area contributed by atoms with Crippen LogP contribution in [0.4, 0.5) is 0 Å². The van der Waals surface area contributed by atoms with Crippen LogP contribution in [0.3, 0.4) is 0 Å². The molecule has 1 aromatic heterocycles. The summed E-state index contributed by atoms with van der Waals surface area (Å²) in [4.78, 5) is 17.5. The van der Waals surface area contributed by atoms with Crippen LogP contribution in [0.5, 0.6) is 0 Å². The zero-order chi connectivity index (χ0) is 14.4. The third-order valence-corrected chi connectivity index (χ3v) is 3.76. The van der Waals surface area contributed by atoms with E-state index in [9.17, 15) is 4.79 Å². The molecule has 2 rings (SSSR count). The first-order valence-corrected chi connectivity index (χ1v) is 7.46. The van der Waals surface area contributed by atoms with Crippen LogP contribution in [-0.4, -0.2) is 38.7 Å². The van der Waals surface area contributed by atoms with Gasteiger partial charge in [0.25, 0.3) is 0 Å². The van der Waals surface area contributed by atoms with Gasteiger partial charge in [0, 0.05) is 12.5 Å². The third kappa shape index (κ3) is 4.30. The van der Waals surface area contributed by atoms with Crippen molar-refractivity contribution in [3.8, 4) is 0 Å². The molecule has 1 fully saturated rings. The van der Waals surface area contributed by atoms with Gasteiger partial charge in [-0.05, 0) is 25.8 Å². The van der Waals surface area contributed by atoms with Crippen molar-refractivity contribution in [3.05, 3.63) is 11.7 Å². The van der Waals surface area contributed by atoms with E-state index in [-0.39, 0.29) is 12.5 Å². The number of carbonyl (C=O) groups is 1. The van der Waals surface area contributed by atoms with E-state index < -0.39 is 5.97 Å². The molecule has 1 aromatic rings. The summed E-state index contributed by atoms with van der Waals surface area (Å²) < 4.78 is 5.27. The van der Waals surface area contributed by atoms with Gasteiger partial charge in [-0.2, -0.15) is 4.98 Å². The number of likely N-dealkylation sites (tertiary alicyclic amines) is 1. The molecule has 1 N–H and O–H groups in total. The van der Waals surface area contributed by atoms with E-state index in [2.05, 4.69) is 22.0 Å². The van der Waals surface area contributed by atoms with Crippen molar-refractivity contribution >= 4 is 5.97 Å². The van der Waals surface area contributed by atoms with Crippen LogP contribution in [0.1, 0.15) is 57.2 Å². The Balaban J connectivity index is 1.92. The maximum Gasteiger partial charge on any atom is 0.304 e. The molecule has 1 unspecified atom stereocenters. The lowest BCUT2D eigenvalue weighted by atomic mass is 9.99. The highest BCUT2D eigenvalue weighted by Gasteiger charge is 2.26. The fourth-order valence-corrected chi connectivity index (χ4v) is 2.67. The van der Waals surface area contributed by atoms with E-state index in [0.29, 0.717) is 12.4 Å². The topological polar surface area (TPSA) is 79.5 Å². The van der Waals surface area contributed by atoms with Crippen molar-refractivity contribution < 1.29 is 14.4 Å². The second-order valence-corrected chi connectivity index (χ2v) is 5.43. The van der Waals surface area contributed by atoms with Gasteiger partial charge in [0.1, 0.15) is 0 Å². The number of hydrogen-bond donors (Lipinski definition) is 1. The Morgan fingerprint density at radius 3 is 3.10 bits per heavy atom. The summed E-state index contributed by atoms with van der Waals surface area (Å²) in [5, 5.41) is 12.9. The van der Waals surface area contributed by atoms with E-state index >= 15 is 0 Å². The minimum absolute atomic E-state index is 0.0900. The lowest BCUT2D eigenvalue weighted by Gasteiger charge is -2.33. The average Bonchev–Trinajstić information content (AvgIpc) is 2.86. The molecule has 1 aliphatic heterocycles. The average molecular weight is 281 g/mol. The monoisotopic (exact) mass is 281 g/mol. The number of carboxylic acids is 1. The van der Waals surface area contributed by atoms with Crippen molar-refractivity contribution in [2.24, 2.45) is 0 Å². The van der Waals surface area contributed by atoms with E-state index in [4.69, 9.17) is 9.63 Å². The molecular formula is C14H23N3O3. The molecule has 0 saturated carbocycles. The first-order chi connectivity index (χ1) is 9.69. The Bertz CT molecular complexity index is 433. The van der Waals surface area contributed by atoms with Crippen molar-refractivity contribution in [1.82, 2.24) is 15.0 Å². The second-order valence-electron chi connectivity index (χ2n) is 5.43. The quantitative estimate of drug-likeness (QED) is 0.825. The maximum atomic E-state index is 10.9. The highest BCUT2D eigenvalue weighted by Crippen LogP contribution is 2.21. The van der Waals surface area contributed by atoms with Crippen LogP contribution in [0.25, 0.3) is 0 Å². The van der Waals surface area contributed by atoms with Crippen molar-refractivity contribution in [1.29, 1.82) is 0 Å². The molecule has 6 heteroatoms. The summed E-state index contributed by atoms with van der Waals surface area (Å²) in [6.07, 6.45) is 6.34. The molecule has 112 valence electrons. The Kier molecular flexibility index (Phi) is 5.52. The standard InChI is InChI=1S/C14H23N3O3/c1-2-3-7-12-15-13(20-16-12)10-17-8-5-4-6-11(17)9-14(18)19/h11H,2-10H2,1H3,(H,18,19). The number of carboxylic acid groups (broad SMARTS) is 1. The number of aromatic nitrogens is 2. The van der Waals surface area contributed by atoms with Gasteiger partial charge in [-0.15, -0.1) is 0 Å². The molecule has 0 aliphatic carbocycles. The summed E-state index contributed by atoms with van der Waals surface area (Å²) in [6.45, 7) is 3.60. The molecule has 1 atom stereocenters. The molecule has 6 nitrogen and oxygen atoms in total. The Morgan fingerprint density at radius 2 is 2.35 bits per heavy atom. The van der Waals surface area contributed by atoms with Crippen LogP contribution >= 0.6 is 0 Å². The zero-order valence-electron chi connectivity index (χ0n) is 12.0. The summed E-state index contributed by atoms with van der Waals surface area (Å²) in [6, 6.07) is 0.0900. The van der Waals surface area contributed by atoms with Crippen LogP contribution < -0.4 is 0 Å². The van der Waals surface area contributed by atoms with Gasteiger partial charge in [-0.25, -0.2) is 0 Å². The molecule has 0 amide bonds. The fraction of sp³-hybridized carbons (Fsp3) is 0.786. The molecule has 0 spiro atoms. The smallest absolute Gasteiger partial charge is 0.304 e. The lowest BCUT2D eigenvalue weighted by Crippen LogP contribution is -2.40. The van der Waals surface area contributed by atoms with E-state index in [1.807, 2.05) is 0 Å². The van der Waals surface area contributed by atoms with Gasteiger partial charge in [0.05, 0.1) is 13.0 Å². The summed E-state index contributed by atoms with van der Waals surface area (Å²) >= 11 is 0. The highest BCUT2D eigenvalue weighted by molar-refractivity contribution is 5.67. The molecule has 1 saturated heterocycles. The predicted octanol–water partition coefficient (Wildman–Crippen LogP) is 2.24. The van der Waals surface area contributed by atoms with Gasteiger partial charge < -0.3 is 9.63 Å². The summed E-state index contributed by atoms with van der Waals surface area (Å²) in [7, 11) is 0. The SMILES string of the molecule is CCCCc1noc(CN2CCCCC2CC(=O)O)n1. The Labute approximate surface area is 119 Å². The molecule has 2 heterocycles. The number of unbranched alkanes of at least 4 members (excludes halogenated alkanes) is 1. The number of nitrogens with zero attached hydrogens (tertiary/aromatic N) is 3. The molecule has 1 aliphatic rings. The zero-order valence-corrected chi connectivity index (χ0v) is 12.0. The Morgan fingerprint density at radius 1 is 1.50 bits per heavy atom. The maximum absolute atomic E-state index is 10.9. The van der Waals surface area contributed by atoms with Crippen molar-refractivity contribution in [2.75, 3.05) is 6.54 Å². The molecule has 0 radical (unpaired) electrons. The molecule has 0 aromatic carbocycles. The van der Waals surface area contributed by atoms with Gasteiger partial charge in [-0.1, -0.05) is 24.9 Å². The minimum atomic E-state index is -0.740. The number of aryl methyl sites for hydroxylation is 1. The first-order valence-electron chi connectivity index (χ1n) is 7.46. The normalized spacial score (nSPS) is 20.1. The van der Waals surface area contributed by atoms with E-state index in [0.717, 1.165) is 50.9 Å². The molecular weight excluding hydrogens is 258 g/mol. The van der Waals surface area contributed by atoms with E-state index in [1.54, 1.807) is 0 Å². The second kappa shape index (κ2) is 7.38. The van der Waals surface area contributed by atoms with Crippen molar-refractivity contribution in [3.63, 3.8) is 0 Å². The minimum Gasteiger partial charge on any atom is -0.481 e. The highest BCUT2D eigenvalue weighted by atomic mass is 16.5. The number of hydrogen-bond acceptors (Lipinski definition) is 5. The molecule has 0 bridgehead atoms. The van der Waals surface area contributed by atoms with Crippen LogP contribution in [0, 0.1) is 0 Å². The van der Waals surface area contributed by atoms with Crippen LogP contribution in [0.2, 0.25) is 0 Å². The number of aliphatic carboxylic acids is 1. The van der Waals surface area contributed by atoms with Gasteiger partial charge in [-0.3, -0.25) is 9.69 Å². The van der Waals surface area contributed by atoms with Gasteiger partial charge >= 0.3 is 5.97 Å². The van der Waals surface area contributed by atoms with Crippen molar-refractivity contribution in [2.45, 2.75) is 64.5 Å². The summed E-state index contributed by atoms with van der Waals surface area (Å²) in [5.74, 6) is 0.623. The fourth-order valence-electron chi connectivity index (χ4n) is 2.67. The van der Waals surface area contributed by atoms with E-state index in [1.165, 1.54) is 0 Å². The first kappa shape index (κ1) is 15.0. The summed E-state index contributed by atoms with van der Waals surface area (Å²) in [5.41, 5.74) is 0. The van der Waals surface area contributed by atoms with Crippen LogP contribution in [-0.2, 0) is 17.8 Å². The predicted molar refractivity (Wildman–Crippen MR) is 73.2 cm³/mol. The number of rotatable bonds is 7. The lowest BCUT2D eigenvalue weighted by molar-refractivity contribution is -0.138. The van der Waals surface area contributed by atoms with Gasteiger partial charge in [0.2, 0.25) is 5.89 Å². The third-order valence-electron chi connectivity index (χ3n) is 3.76. The Hall–Kier alpha value is -1.43. The van der Waals surface area contributed by atoms with Gasteiger partial charge in [0.15, 0.2) is 5.82 Å². The van der Waals surface area contributed by atoms with Crippen LogP contribution in [0.15, 0.2) is 4.52 Å².